The largest absolute Gasteiger partial charge is 0.379 e. The van der Waals surface area contributed by atoms with Gasteiger partial charge in [-0.1, -0.05) is 0 Å². The van der Waals surface area contributed by atoms with E-state index < -0.39 is 0 Å². The van der Waals surface area contributed by atoms with E-state index in [1.54, 1.807) is 0 Å². The molecule has 0 aliphatic carbocycles. The number of rotatable bonds is 2. The molecular formula is C11H22N2O2. The standard InChI is InChI=1S/C11H22N2O2/c1-9-5-13(6-10(2)15-9)7-11(12)3-4-14-8-11/h9-10H,3-8,12H2,1-2H3. The molecule has 0 aromatic rings. The fraction of sp³-hybridized carbons (Fsp3) is 1.00. The smallest absolute Gasteiger partial charge is 0.0678 e. The van der Waals surface area contributed by atoms with Crippen LogP contribution in [0.2, 0.25) is 0 Å². The van der Waals surface area contributed by atoms with Crippen LogP contribution in [0, 0.1) is 0 Å². The summed E-state index contributed by atoms with van der Waals surface area (Å²) < 4.78 is 11.1. The molecule has 2 aliphatic rings. The fourth-order valence-corrected chi connectivity index (χ4v) is 2.61. The van der Waals surface area contributed by atoms with E-state index in [4.69, 9.17) is 15.2 Å². The van der Waals surface area contributed by atoms with Crippen molar-refractivity contribution in [2.45, 2.75) is 38.0 Å². The summed E-state index contributed by atoms with van der Waals surface area (Å²) in [4.78, 5) is 2.41. The molecule has 2 heterocycles. The first-order chi connectivity index (χ1) is 7.07. The summed E-state index contributed by atoms with van der Waals surface area (Å²) in [5.74, 6) is 0. The van der Waals surface area contributed by atoms with Crippen LogP contribution in [0.4, 0.5) is 0 Å². The number of hydrogen-bond donors (Lipinski definition) is 1. The van der Waals surface area contributed by atoms with Gasteiger partial charge in [-0.05, 0) is 20.3 Å². The number of morpholine rings is 1. The SMILES string of the molecule is CC1CN(CC2(N)CCOC2)CC(C)O1. The molecule has 0 aromatic carbocycles. The summed E-state index contributed by atoms with van der Waals surface area (Å²) in [6, 6.07) is 0. The monoisotopic (exact) mass is 214 g/mol. The molecule has 4 heteroatoms. The van der Waals surface area contributed by atoms with E-state index in [9.17, 15) is 0 Å². The van der Waals surface area contributed by atoms with E-state index in [1.807, 2.05) is 0 Å². The summed E-state index contributed by atoms with van der Waals surface area (Å²) in [5, 5.41) is 0. The third-order valence-corrected chi connectivity index (χ3v) is 3.17. The summed E-state index contributed by atoms with van der Waals surface area (Å²) in [6.45, 7) is 8.67. The van der Waals surface area contributed by atoms with E-state index in [0.29, 0.717) is 18.8 Å². The van der Waals surface area contributed by atoms with E-state index in [2.05, 4.69) is 18.7 Å². The molecule has 0 spiro atoms. The molecule has 0 amide bonds. The molecule has 88 valence electrons. The Morgan fingerprint density at radius 2 is 2.00 bits per heavy atom. The topological polar surface area (TPSA) is 47.7 Å². The van der Waals surface area contributed by atoms with Crippen molar-refractivity contribution in [3.8, 4) is 0 Å². The highest BCUT2D eigenvalue weighted by atomic mass is 16.5. The predicted octanol–water partition coefficient (Wildman–Crippen LogP) is 0.213. The average Bonchev–Trinajstić information content (AvgIpc) is 2.49. The minimum Gasteiger partial charge on any atom is -0.379 e. The zero-order valence-electron chi connectivity index (χ0n) is 9.74. The van der Waals surface area contributed by atoms with E-state index >= 15 is 0 Å². The van der Waals surface area contributed by atoms with Gasteiger partial charge in [-0.2, -0.15) is 0 Å². The van der Waals surface area contributed by atoms with Gasteiger partial charge in [0, 0.05) is 26.2 Å². The Bertz CT molecular complexity index is 207. The lowest BCUT2D eigenvalue weighted by Gasteiger charge is -2.39. The van der Waals surface area contributed by atoms with Gasteiger partial charge in [0.1, 0.15) is 0 Å². The highest BCUT2D eigenvalue weighted by Crippen LogP contribution is 2.19. The lowest BCUT2D eigenvalue weighted by atomic mass is 9.99. The highest BCUT2D eigenvalue weighted by molar-refractivity contribution is 4.92. The van der Waals surface area contributed by atoms with Crippen molar-refractivity contribution in [3.63, 3.8) is 0 Å². The van der Waals surface area contributed by atoms with E-state index in [1.165, 1.54) is 0 Å². The van der Waals surface area contributed by atoms with E-state index in [-0.39, 0.29) is 5.54 Å². The van der Waals surface area contributed by atoms with Gasteiger partial charge in [0.15, 0.2) is 0 Å². The van der Waals surface area contributed by atoms with Gasteiger partial charge in [-0.15, -0.1) is 0 Å². The third-order valence-electron chi connectivity index (χ3n) is 3.17. The van der Waals surface area contributed by atoms with Crippen molar-refractivity contribution in [3.05, 3.63) is 0 Å². The van der Waals surface area contributed by atoms with Crippen LogP contribution in [0.15, 0.2) is 0 Å². The molecule has 2 N–H and O–H groups in total. The summed E-state index contributed by atoms with van der Waals surface area (Å²) >= 11 is 0. The second-order valence-corrected chi connectivity index (χ2v) is 5.12. The first-order valence-electron chi connectivity index (χ1n) is 5.82. The van der Waals surface area contributed by atoms with Crippen LogP contribution in [0.3, 0.4) is 0 Å². The first kappa shape index (κ1) is 11.3. The van der Waals surface area contributed by atoms with Gasteiger partial charge >= 0.3 is 0 Å². The van der Waals surface area contributed by atoms with Crippen LogP contribution in [0.5, 0.6) is 0 Å². The molecule has 2 aliphatic heterocycles. The summed E-state index contributed by atoms with van der Waals surface area (Å²) in [7, 11) is 0. The van der Waals surface area contributed by atoms with Crippen LogP contribution < -0.4 is 5.73 Å². The summed E-state index contributed by atoms with van der Waals surface area (Å²) in [5.41, 5.74) is 6.15. The maximum absolute atomic E-state index is 6.27. The van der Waals surface area contributed by atoms with E-state index in [0.717, 1.165) is 32.7 Å². The van der Waals surface area contributed by atoms with Crippen molar-refractivity contribution < 1.29 is 9.47 Å². The summed E-state index contributed by atoms with van der Waals surface area (Å²) in [6.07, 6.45) is 1.62. The van der Waals surface area contributed by atoms with Crippen molar-refractivity contribution in [2.24, 2.45) is 5.73 Å². The van der Waals surface area contributed by atoms with Crippen LogP contribution >= 0.6 is 0 Å². The van der Waals surface area contributed by atoms with Crippen LogP contribution in [-0.2, 0) is 9.47 Å². The van der Waals surface area contributed by atoms with Crippen LogP contribution in [-0.4, -0.2) is 55.5 Å². The molecular weight excluding hydrogens is 192 g/mol. The van der Waals surface area contributed by atoms with Crippen molar-refractivity contribution >= 4 is 0 Å². The molecule has 2 saturated heterocycles. The number of nitrogens with two attached hydrogens (primary N) is 1. The molecule has 2 rings (SSSR count). The molecule has 2 fully saturated rings. The minimum absolute atomic E-state index is 0.128. The Hall–Kier alpha value is -0.160. The maximum Gasteiger partial charge on any atom is 0.0678 e. The van der Waals surface area contributed by atoms with Gasteiger partial charge in [-0.25, -0.2) is 0 Å². The Labute approximate surface area is 91.7 Å². The molecule has 4 nitrogen and oxygen atoms in total. The van der Waals surface area contributed by atoms with Gasteiger partial charge in [0.2, 0.25) is 0 Å². The number of ether oxygens (including phenoxy) is 2. The first-order valence-corrected chi connectivity index (χ1v) is 5.82. The molecule has 15 heavy (non-hydrogen) atoms. The second kappa shape index (κ2) is 4.37. The quantitative estimate of drug-likeness (QED) is 0.714. The van der Waals surface area contributed by atoms with Crippen LogP contribution in [0.1, 0.15) is 20.3 Å². The highest BCUT2D eigenvalue weighted by Gasteiger charge is 2.34. The lowest BCUT2D eigenvalue weighted by molar-refractivity contribution is -0.0728. The number of hydrogen-bond acceptors (Lipinski definition) is 4. The maximum atomic E-state index is 6.27. The average molecular weight is 214 g/mol. The fourth-order valence-electron chi connectivity index (χ4n) is 2.61. The molecule has 3 unspecified atom stereocenters. The lowest BCUT2D eigenvalue weighted by Crippen LogP contribution is -2.55. The van der Waals surface area contributed by atoms with Crippen molar-refractivity contribution in [1.82, 2.24) is 4.90 Å². The second-order valence-electron chi connectivity index (χ2n) is 5.12. The molecule has 3 atom stereocenters. The predicted molar refractivity (Wildman–Crippen MR) is 58.8 cm³/mol. The van der Waals surface area contributed by atoms with Crippen molar-refractivity contribution in [2.75, 3.05) is 32.8 Å². The Kier molecular flexibility index (Phi) is 3.30. The van der Waals surface area contributed by atoms with Crippen molar-refractivity contribution in [1.29, 1.82) is 0 Å². The third kappa shape index (κ3) is 2.91. The van der Waals surface area contributed by atoms with Gasteiger partial charge in [0.25, 0.3) is 0 Å². The zero-order chi connectivity index (χ0) is 10.9. The molecule has 0 radical (unpaired) electrons. The Balaban J connectivity index is 1.87. The zero-order valence-corrected chi connectivity index (χ0v) is 9.74. The van der Waals surface area contributed by atoms with Gasteiger partial charge < -0.3 is 15.2 Å². The normalized spacial score (nSPS) is 43.4. The van der Waals surface area contributed by atoms with Gasteiger partial charge in [0.05, 0.1) is 24.4 Å². The van der Waals surface area contributed by atoms with Crippen LogP contribution in [0.25, 0.3) is 0 Å². The Morgan fingerprint density at radius 1 is 1.33 bits per heavy atom. The van der Waals surface area contributed by atoms with Gasteiger partial charge in [-0.3, -0.25) is 4.90 Å². The molecule has 0 aromatic heterocycles. The number of nitrogens with zero attached hydrogens (tertiary/aromatic N) is 1. The molecule has 0 saturated carbocycles. The Morgan fingerprint density at radius 3 is 2.53 bits per heavy atom. The minimum atomic E-state index is -0.128. The molecule has 0 bridgehead atoms.